The first-order valence-electron chi connectivity index (χ1n) is 12.3. The van der Waals surface area contributed by atoms with Crippen LogP contribution in [0.1, 0.15) is 25.6 Å². The molecule has 2 aromatic heterocycles. The fraction of sp³-hybridized carbons (Fsp3) is 0.400. The largest absolute Gasteiger partial charge is 0.484 e. The zero-order chi connectivity index (χ0) is 28.2. The first-order valence-corrected chi connectivity index (χ1v) is 13.1. The van der Waals surface area contributed by atoms with Crippen LogP contribution in [-0.2, 0) is 33.3 Å². The molecule has 4 atom stereocenters. The third-order valence-corrected chi connectivity index (χ3v) is 7.43. The van der Waals surface area contributed by atoms with Crippen LogP contribution in [0.5, 0.6) is 0 Å². The number of cyclic esters (lactones) is 1. The van der Waals surface area contributed by atoms with Gasteiger partial charge in [-0.1, -0.05) is 29.3 Å². The number of esters is 1. The maximum atomic E-state index is 12.7. The average molecular weight is 591 g/mol. The molecule has 5 heterocycles. The molecule has 0 saturated carbocycles. The number of carbonyl (C=O) groups is 2. The molecule has 0 unspecified atom stereocenters. The summed E-state index contributed by atoms with van der Waals surface area (Å²) in [4.78, 5) is 37.6. The van der Waals surface area contributed by atoms with E-state index in [0.717, 1.165) is 0 Å². The van der Waals surface area contributed by atoms with Crippen LogP contribution in [0, 0.1) is 0 Å². The summed E-state index contributed by atoms with van der Waals surface area (Å²) in [5.74, 6) is -1.41. The van der Waals surface area contributed by atoms with Crippen molar-refractivity contribution in [1.82, 2.24) is 24.8 Å². The fourth-order valence-corrected chi connectivity index (χ4v) is 5.25. The lowest BCUT2D eigenvalue weighted by molar-refractivity contribution is -0.195. The van der Waals surface area contributed by atoms with Gasteiger partial charge in [-0.2, -0.15) is 0 Å². The molecule has 13 nitrogen and oxygen atoms in total. The smallest absolute Gasteiger partial charge is 0.342 e. The molecular weight excluding hydrogens is 567 g/mol. The molecule has 3 N–H and O–H groups in total. The van der Waals surface area contributed by atoms with Crippen molar-refractivity contribution in [2.24, 2.45) is 0 Å². The van der Waals surface area contributed by atoms with E-state index in [1.165, 1.54) is 12.4 Å². The maximum Gasteiger partial charge on any atom is 0.342 e. The van der Waals surface area contributed by atoms with E-state index in [-0.39, 0.29) is 41.9 Å². The highest BCUT2D eigenvalue weighted by molar-refractivity contribution is 6.42. The lowest BCUT2D eigenvalue weighted by atomic mass is 10.1. The SMILES string of the molecule is CC1(C)O[C@@H]2[C@H](O1)[C@@H](CNC(=O)COC1=C(c3ccc(Cl)c(Cl)c3)C(=O)OC1)O[C@H]2n1cnc2c(N)ncnc21. The van der Waals surface area contributed by atoms with Crippen molar-refractivity contribution in [1.29, 1.82) is 0 Å². The van der Waals surface area contributed by atoms with Crippen LogP contribution in [0.3, 0.4) is 0 Å². The van der Waals surface area contributed by atoms with E-state index in [1.807, 2.05) is 13.8 Å². The number of imidazole rings is 1. The molecule has 3 aliphatic heterocycles. The van der Waals surface area contributed by atoms with Gasteiger partial charge in [-0.05, 0) is 31.5 Å². The topological polar surface area (TPSA) is 162 Å². The van der Waals surface area contributed by atoms with Gasteiger partial charge in [0.25, 0.3) is 5.91 Å². The number of nitrogen functional groups attached to an aromatic ring is 1. The summed E-state index contributed by atoms with van der Waals surface area (Å²) in [5.41, 5.74) is 7.53. The van der Waals surface area contributed by atoms with E-state index in [4.69, 9.17) is 52.6 Å². The average Bonchev–Trinajstić information content (AvgIpc) is 3.65. The van der Waals surface area contributed by atoms with Crippen molar-refractivity contribution in [3.8, 4) is 0 Å². The predicted molar refractivity (Wildman–Crippen MR) is 141 cm³/mol. The lowest BCUT2D eigenvalue weighted by Crippen LogP contribution is -2.41. The number of halogens is 2. The fourth-order valence-electron chi connectivity index (χ4n) is 4.96. The number of aromatic nitrogens is 4. The van der Waals surface area contributed by atoms with Crippen LogP contribution in [0.15, 0.2) is 36.6 Å². The van der Waals surface area contributed by atoms with Crippen molar-refractivity contribution >= 4 is 57.6 Å². The third kappa shape index (κ3) is 4.84. The maximum absolute atomic E-state index is 12.7. The summed E-state index contributed by atoms with van der Waals surface area (Å²) >= 11 is 12.1. The van der Waals surface area contributed by atoms with Gasteiger partial charge in [0.1, 0.15) is 48.1 Å². The molecule has 210 valence electrons. The first-order chi connectivity index (χ1) is 19.1. The highest BCUT2D eigenvalue weighted by Gasteiger charge is 2.56. The molecule has 2 fully saturated rings. The summed E-state index contributed by atoms with van der Waals surface area (Å²) < 4.78 is 31.0. The number of ether oxygens (including phenoxy) is 5. The van der Waals surface area contributed by atoms with E-state index >= 15 is 0 Å². The summed E-state index contributed by atoms with van der Waals surface area (Å²) in [5, 5.41) is 3.42. The summed E-state index contributed by atoms with van der Waals surface area (Å²) in [7, 11) is 0. The minimum absolute atomic E-state index is 0.105. The van der Waals surface area contributed by atoms with Crippen LogP contribution in [-0.4, -0.2) is 75.3 Å². The van der Waals surface area contributed by atoms with E-state index in [2.05, 4.69) is 20.3 Å². The molecule has 6 rings (SSSR count). The van der Waals surface area contributed by atoms with Crippen LogP contribution in [0.2, 0.25) is 10.0 Å². The van der Waals surface area contributed by atoms with Crippen molar-refractivity contribution in [2.45, 2.75) is 44.2 Å². The third-order valence-electron chi connectivity index (χ3n) is 6.69. The van der Waals surface area contributed by atoms with E-state index in [1.54, 1.807) is 23.0 Å². The van der Waals surface area contributed by atoms with Gasteiger partial charge in [-0.25, -0.2) is 19.7 Å². The standard InChI is InChI=1S/C25H24Cl2N6O7/c1-25(2)39-19-14(38-23(20(19)40-25)33-10-32-18-21(28)30-9-31-22(18)33)6-29-16(34)8-36-15-7-37-24(35)17(15)11-3-4-12(26)13(27)5-11/h3-5,9-10,14,19-20,23H,6-8H2,1-2H3,(H,29,34)(H2,28,30,31)/t14-,19-,20-,23-/m1/s1. The number of benzene rings is 1. The Morgan fingerprint density at radius 1 is 1.20 bits per heavy atom. The van der Waals surface area contributed by atoms with Gasteiger partial charge in [-0.3, -0.25) is 9.36 Å². The number of nitrogens with zero attached hydrogens (tertiary/aromatic N) is 4. The Morgan fingerprint density at radius 2 is 2.00 bits per heavy atom. The number of anilines is 1. The van der Waals surface area contributed by atoms with Crippen LogP contribution >= 0.6 is 23.2 Å². The Balaban J connectivity index is 1.13. The van der Waals surface area contributed by atoms with Crippen molar-refractivity contribution in [2.75, 3.05) is 25.5 Å². The summed E-state index contributed by atoms with van der Waals surface area (Å²) in [6.07, 6.45) is 0.737. The number of nitrogens with two attached hydrogens (primary N) is 1. The molecule has 1 aromatic carbocycles. The van der Waals surface area contributed by atoms with Crippen LogP contribution in [0.4, 0.5) is 5.82 Å². The normalized spacial score (nSPS) is 25.4. The molecule has 3 aromatic rings. The first kappa shape index (κ1) is 26.7. The second-order valence-electron chi connectivity index (χ2n) is 9.81. The van der Waals surface area contributed by atoms with Gasteiger partial charge >= 0.3 is 5.97 Å². The molecule has 15 heteroatoms. The Bertz CT molecular complexity index is 1540. The number of hydrogen-bond donors (Lipinski definition) is 2. The molecule has 3 aliphatic rings. The number of amides is 1. The van der Waals surface area contributed by atoms with Crippen LogP contribution < -0.4 is 11.1 Å². The van der Waals surface area contributed by atoms with Gasteiger partial charge in [0.2, 0.25) is 0 Å². The molecule has 1 amide bonds. The number of hydrogen-bond acceptors (Lipinski definition) is 11. The van der Waals surface area contributed by atoms with E-state index < -0.39 is 42.2 Å². The Morgan fingerprint density at radius 3 is 2.80 bits per heavy atom. The second-order valence-corrected chi connectivity index (χ2v) is 10.6. The molecule has 0 bridgehead atoms. The number of fused-ring (bicyclic) bond motifs is 2. The van der Waals surface area contributed by atoms with Crippen molar-refractivity contribution in [3.63, 3.8) is 0 Å². The van der Waals surface area contributed by atoms with Gasteiger partial charge in [0.05, 0.1) is 16.4 Å². The molecule has 40 heavy (non-hydrogen) atoms. The zero-order valence-electron chi connectivity index (χ0n) is 21.3. The Kier molecular flexibility index (Phi) is 6.79. The van der Waals surface area contributed by atoms with Gasteiger partial charge in [0.15, 0.2) is 30.1 Å². The quantitative estimate of drug-likeness (QED) is 0.388. The van der Waals surface area contributed by atoms with Crippen molar-refractivity contribution < 1.29 is 33.3 Å². The summed E-state index contributed by atoms with van der Waals surface area (Å²) in [6, 6.07) is 4.72. The monoisotopic (exact) mass is 590 g/mol. The zero-order valence-corrected chi connectivity index (χ0v) is 22.8. The molecule has 0 radical (unpaired) electrons. The molecule has 0 spiro atoms. The molecular formula is C25H24Cl2N6O7. The Labute approximate surface area is 237 Å². The second kappa shape index (κ2) is 10.2. The number of rotatable bonds is 7. The predicted octanol–water partition coefficient (Wildman–Crippen LogP) is 2.23. The summed E-state index contributed by atoms with van der Waals surface area (Å²) in [6.45, 7) is 3.26. The van der Waals surface area contributed by atoms with Gasteiger partial charge in [-0.15, -0.1) is 0 Å². The van der Waals surface area contributed by atoms with Gasteiger partial charge in [0, 0.05) is 6.54 Å². The van der Waals surface area contributed by atoms with E-state index in [0.29, 0.717) is 21.7 Å². The highest BCUT2D eigenvalue weighted by Crippen LogP contribution is 2.43. The van der Waals surface area contributed by atoms with Crippen LogP contribution in [0.25, 0.3) is 16.7 Å². The van der Waals surface area contributed by atoms with Crippen molar-refractivity contribution in [3.05, 3.63) is 52.2 Å². The van der Waals surface area contributed by atoms with Gasteiger partial charge < -0.3 is 34.7 Å². The minimum Gasteiger partial charge on any atom is -0.484 e. The minimum atomic E-state index is -0.865. The number of carbonyl (C=O) groups excluding carboxylic acids is 2. The lowest BCUT2D eigenvalue weighted by Gasteiger charge is -2.25. The number of nitrogens with one attached hydrogen (secondary N) is 1. The molecule has 0 aliphatic carbocycles. The highest BCUT2D eigenvalue weighted by atomic mass is 35.5. The van der Waals surface area contributed by atoms with E-state index in [9.17, 15) is 9.59 Å². The Hall–Kier alpha value is -3.49. The molecule has 2 saturated heterocycles.